The third-order valence-corrected chi connectivity index (χ3v) is 3.55. The number of ether oxygens (including phenoxy) is 1. The summed E-state index contributed by atoms with van der Waals surface area (Å²) in [4.78, 5) is 12.1. The maximum Gasteiger partial charge on any atom is 0.230 e. The maximum absolute atomic E-state index is 12.1. The van der Waals surface area contributed by atoms with E-state index >= 15 is 0 Å². The molecule has 1 aromatic carbocycles. The minimum Gasteiger partial charge on any atom is -0.394 e. The van der Waals surface area contributed by atoms with Crippen LogP contribution in [0, 0.1) is 12.3 Å². The summed E-state index contributed by atoms with van der Waals surface area (Å²) in [5.74, 6) is -0.0371. The maximum atomic E-state index is 12.1. The number of hydrogen-bond acceptors (Lipinski definition) is 3. The van der Waals surface area contributed by atoms with E-state index in [0.717, 1.165) is 5.56 Å². The van der Waals surface area contributed by atoms with Gasteiger partial charge in [0.15, 0.2) is 0 Å². The smallest absolute Gasteiger partial charge is 0.230 e. The summed E-state index contributed by atoms with van der Waals surface area (Å²) >= 11 is 0. The van der Waals surface area contributed by atoms with Crippen LogP contribution in [-0.2, 0) is 16.0 Å². The molecular formula is C15H21NO3. The Hall–Kier alpha value is -1.39. The lowest BCUT2D eigenvalue weighted by Gasteiger charge is -2.37. The molecule has 0 bridgehead atoms. The Bertz CT molecular complexity index is 437. The molecule has 4 nitrogen and oxygen atoms in total. The van der Waals surface area contributed by atoms with Crippen molar-refractivity contribution in [2.45, 2.75) is 26.3 Å². The van der Waals surface area contributed by atoms with Gasteiger partial charge in [0.05, 0.1) is 31.3 Å². The molecule has 1 heterocycles. The molecule has 1 unspecified atom stereocenters. The van der Waals surface area contributed by atoms with Gasteiger partial charge in [0.1, 0.15) is 0 Å². The number of rotatable bonds is 5. The van der Waals surface area contributed by atoms with Gasteiger partial charge in [-0.3, -0.25) is 4.79 Å². The second-order valence-corrected chi connectivity index (χ2v) is 5.60. The molecule has 0 aromatic heterocycles. The van der Waals surface area contributed by atoms with Crippen molar-refractivity contribution in [3.8, 4) is 0 Å². The van der Waals surface area contributed by atoms with E-state index in [9.17, 15) is 9.90 Å². The minimum absolute atomic E-state index is 0.0371. The molecule has 0 saturated carbocycles. The van der Waals surface area contributed by atoms with Crippen molar-refractivity contribution in [3.05, 3.63) is 35.4 Å². The summed E-state index contributed by atoms with van der Waals surface area (Å²) in [6, 6.07) is 7.88. The third kappa shape index (κ3) is 3.33. The van der Waals surface area contributed by atoms with Crippen LogP contribution in [-0.4, -0.2) is 36.9 Å². The number of carbonyl (C=O) groups excluding carboxylic acids is 1. The fourth-order valence-electron chi connectivity index (χ4n) is 2.07. The van der Waals surface area contributed by atoms with Gasteiger partial charge >= 0.3 is 0 Å². The highest BCUT2D eigenvalue weighted by Crippen LogP contribution is 2.26. The highest BCUT2D eigenvalue weighted by Gasteiger charge is 2.41. The number of aliphatic hydroxyl groups excluding tert-OH is 1. The predicted octanol–water partition coefficient (Wildman–Crippen LogP) is 1.05. The highest BCUT2D eigenvalue weighted by molar-refractivity contribution is 5.83. The largest absolute Gasteiger partial charge is 0.394 e. The fourth-order valence-corrected chi connectivity index (χ4v) is 2.07. The van der Waals surface area contributed by atoms with Crippen molar-refractivity contribution < 1.29 is 14.6 Å². The molecular weight excluding hydrogens is 242 g/mol. The summed E-state index contributed by atoms with van der Waals surface area (Å²) in [6.07, 6.45) is 0.638. The van der Waals surface area contributed by atoms with Gasteiger partial charge in [0.25, 0.3) is 0 Å². The van der Waals surface area contributed by atoms with Crippen molar-refractivity contribution in [2.75, 3.05) is 19.8 Å². The van der Waals surface area contributed by atoms with Crippen molar-refractivity contribution >= 4 is 5.91 Å². The Morgan fingerprint density at radius 1 is 1.42 bits per heavy atom. The van der Waals surface area contributed by atoms with E-state index in [2.05, 4.69) is 5.32 Å². The second-order valence-electron chi connectivity index (χ2n) is 5.60. The SMILES string of the molecule is Cc1ccc(CC(CO)NC(=O)C2(C)COC2)cc1. The first-order valence-electron chi connectivity index (χ1n) is 6.58. The van der Waals surface area contributed by atoms with E-state index in [4.69, 9.17) is 4.74 Å². The summed E-state index contributed by atoms with van der Waals surface area (Å²) in [5.41, 5.74) is 1.88. The van der Waals surface area contributed by atoms with Crippen LogP contribution in [0.5, 0.6) is 0 Å². The van der Waals surface area contributed by atoms with Crippen molar-refractivity contribution in [1.29, 1.82) is 0 Å². The fraction of sp³-hybridized carbons (Fsp3) is 0.533. The number of aliphatic hydroxyl groups is 1. The lowest BCUT2D eigenvalue weighted by molar-refractivity contribution is -0.158. The Morgan fingerprint density at radius 2 is 2.05 bits per heavy atom. The summed E-state index contributed by atoms with van der Waals surface area (Å²) in [5, 5.41) is 12.3. The quantitative estimate of drug-likeness (QED) is 0.835. The average Bonchev–Trinajstić information content (AvgIpc) is 2.37. The van der Waals surface area contributed by atoms with Crippen molar-refractivity contribution in [2.24, 2.45) is 5.41 Å². The first-order chi connectivity index (χ1) is 9.03. The number of aryl methyl sites for hydroxylation is 1. The first kappa shape index (κ1) is 14.0. The molecule has 1 atom stereocenters. The number of amides is 1. The molecule has 104 valence electrons. The van der Waals surface area contributed by atoms with E-state index in [0.29, 0.717) is 19.6 Å². The Balaban J connectivity index is 1.93. The van der Waals surface area contributed by atoms with Gasteiger partial charge in [-0.05, 0) is 25.8 Å². The summed E-state index contributed by atoms with van der Waals surface area (Å²) < 4.78 is 5.08. The molecule has 4 heteroatoms. The van der Waals surface area contributed by atoms with Crippen LogP contribution in [0.1, 0.15) is 18.1 Å². The zero-order valence-corrected chi connectivity index (χ0v) is 11.5. The molecule has 0 aliphatic carbocycles. The second kappa shape index (κ2) is 5.72. The Labute approximate surface area is 113 Å². The Kier molecular flexibility index (Phi) is 4.22. The van der Waals surface area contributed by atoms with Gasteiger partial charge in [-0.1, -0.05) is 29.8 Å². The zero-order valence-electron chi connectivity index (χ0n) is 11.5. The normalized spacial score (nSPS) is 18.5. The summed E-state index contributed by atoms with van der Waals surface area (Å²) in [6.45, 7) is 4.78. The van der Waals surface area contributed by atoms with Gasteiger partial charge in [0, 0.05) is 0 Å². The van der Waals surface area contributed by atoms with Crippen molar-refractivity contribution in [1.82, 2.24) is 5.32 Å². The van der Waals surface area contributed by atoms with Gasteiger partial charge in [-0.15, -0.1) is 0 Å². The van der Waals surface area contributed by atoms with Crippen LogP contribution in [0.25, 0.3) is 0 Å². The van der Waals surface area contributed by atoms with Crippen LogP contribution in [0.2, 0.25) is 0 Å². The van der Waals surface area contributed by atoms with Gasteiger partial charge in [-0.2, -0.15) is 0 Å². The molecule has 19 heavy (non-hydrogen) atoms. The van der Waals surface area contributed by atoms with Gasteiger partial charge in [-0.25, -0.2) is 0 Å². The molecule has 1 aliphatic rings. The minimum atomic E-state index is -0.430. The third-order valence-electron chi connectivity index (χ3n) is 3.55. The molecule has 2 N–H and O–H groups in total. The summed E-state index contributed by atoms with van der Waals surface area (Å²) in [7, 11) is 0. The molecule has 1 amide bonds. The number of nitrogens with one attached hydrogen (secondary N) is 1. The van der Waals surface area contributed by atoms with E-state index < -0.39 is 5.41 Å². The number of hydrogen-bond donors (Lipinski definition) is 2. The van der Waals surface area contributed by atoms with Gasteiger partial charge < -0.3 is 15.2 Å². The van der Waals surface area contributed by atoms with E-state index in [1.165, 1.54) is 5.56 Å². The number of carbonyl (C=O) groups is 1. The molecule has 2 rings (SSSR count). The van der Waals surface area contributed by atoms with Crippen LogP contribution >= 0.6 is 0 Å². The van der Waals surface area contributed by atoms with Crippen LogP contribution in [0.4, 0.5) is 0 Å². The van der Waals surface area contributed by atoms with Gasteiger partial charge in [0.2, 0.25) is 5.91 Å². The van der Waals surface area contributed by atoms with E-state index in [-0.39, 0.29) is 18.6 Å². The highest BCUT2D eigenvalue weighted by atomic mass is 16.5. The molecule has 1 fully saturated rings. The van der Waals surface area contributed by atoms with Crippen LogP contribution in [0.15, 0.2) is 24.3 Å². The molecule has 1 aromatic rings. The lowest BCUT2D eigenvalue weighted by Crippen LogP contribution is -2.55. The number of benzene rings is 1. The molecule has 0 spiro atoms. The van der Waals surface area contributed by atoms with E-state index in [1.807, 2.05) is 38.1 Å². The Morgan fingerprint density at radius 3 is 2.53 bits per heavy atom. The first-order valence-corrected chi connectivity index (χ1v) is 6.58. The topological polar surface area (TPSA) is 58.6 Å². The predicted molar refractivity (Wildman–Crippen MR) is 72.8 cm³/mol. The molecule has 1 saturated heterocycles. The van der Waals surface area contributed by atoms with Crippen molar-refractivity contribution in [3.63, 3.8) is 0 Å². The monoisotopic (exact) mass is 263 g/mol. The van der Waals surface area contributed by atoms with E-state index in [1.54, 1.807) is 0 Å². The van der Waals surface area contributed by atoms with Crippen LogP contribution in [0.3, 0.4) is 0 Å². The lowest BCUT2D eigenvalue weighted by atomic mass is 9.87. The average molecular weight is 263 g/mol. The zero-order chi connectivity index (χ0) is 13.9. The molecule has 1 aliphatic heterocycles. The van der Waals surface area contributed by atoms with Crippen LogP contribution < -0.4 is 5.32 Å². The standard InChI is InChI=1S/C15H21NO3/c1-11-3-5-12(6-4-11)7-13(8-17)16-14(18)15(2)9-19-10-15/h3-6,13,17H,7-10H2,1-2H3,(H,16,18). The molecule has 0 radical (unpaired) electrons.